The smallest absolute Gasteiger partial charge is 0.206 e. The maximum Gasteiger partial charge on any atom is 0.206 e. The molecule has 17 heavy (non-hydrogen) atoms. The summed E-state index contributed by atoms with van der Waals surface area (Å²) in [6, 6.07) is 8.31. The number of hydrogen-bond acceptors (Lipinski definition) is 3. The fraction of sp³-hybridized carbons (Fsp3) is 0.462. The second-order valence-corrected chi connectivity index (χ2v) is 4.58. The van der Waals surface area contributed by atoms with E-state index >= 15 is 0 Å². The van der Waals surface area contributed by atoms with Crippen molar-refractivity contribution in [3.05, 3.63) is 24.3 Å². The van der Waals surface area contributed by atoms with Gasteiger partial charge in [0, 0.05) is 6.54 Å². The molecule has 0 spiro atoms. The molecular weight excluding hydrogens is 212 g/mol. The van der Waals surface area contributed by atoms with Crippen LogP contribution in [0, 0.1) is 0 Å². The zero-order valence-corrected chi connectivity index (χ0v) is 10.2. The van der Waals surface area contributed by atoms with Crippen molar-refractivity contribution in [1.82, 2.24) is 14.5 Å². The van der Waals surface area contributed by atoms with E-state index in [0.717, 1.165) is 31.3 Å². The van der Waals surface area contributed by atoms with Gasteiger partial charge >= 0.3 is 0 Å². The molecule has 0 saturated heterocycles. The minimum Gasteiger partial charge on any atom is -0.343 e. The van der Waals surface area contributed by atoms with E-state index in [1.165, 1.54) is 18.4 Å². The monoisotopic (exact) mass is 230 g/mol. The number of nitrogens with zero attached hydrogens (tertiary/aromatic N) is 3. The Morgan fingerprint density at radius 2 is 2.24 bits per heavy atom. The first-order valence-corrected chi connectivity index (χ1v) is 6.30. The maximum atomic E-state index is 4.59. The highest BCUT2D eigenvalue weighted by Crippen LogP contribution is 2.22. The predicted molar refractivity (Wildman–Crippen MR) is 69.8 cm³/mol. The lowest BCUT2D eigenvalue weighted by molar-refractivity contribution is 0.219. The topological polar surface area (TPSA) is 33.1 Å². The number of para-hydroxylation sites is 2. The minimum absolute atomic E-state index is 0.906. The number of fused-ring (bicyclic) bond motifs is 3. The zero-order chi connectivity index (χ0) is 11.7. The van der Waals surface area contributed by atoms with Crippen molar-refractivity contribution < 1.29 is 0 Å². The number of rotatable bonds is 3. The Morgan fingerprint density at radius 3 is 3.12 bits per heavy atom. The van der Waals surface area contributed by atoms with E-state index in [1.807, 2.05) is 6.07 Å². The Morgan fingerprint density at radius 1 is 1.35 bits per heavy atom. The van der Waals surface area contributed by atoms with Crippen molar-refractivity contribution in [1.29, 1.82) is 0 Å². The van der Waals surface area contributed by atoms with Crippen molar-refractivity contribution in [2.24, 2.45) is 0 Å². The second-order valence-electron chi connectivity index (χ2n) is 4.58. The maximum absolute atomic E-state index is 4.59. The number of benzene rings is 1. The van der Waals surface area contributed by atoms with E-state index in [1.54, 1.807) is 0 Å². The molecule has 0 amide bonds. The number of nitrogens with one attached hydrogen (secondary N) is 1. The zero-order valence-electron chi connectivity index (χ0n) is 10.2. The molecule has 4 nitrogen and oxygen atoms in total. The number of anilines is 1. The van der Waals surface area contributed by atoms with Crippen molar-refractivity contribution in [3.63, 3.8) is 0 Å². The van der Waals surface area contributed by atoms with E-state index < -0.39 is 0 Å². The van der Waals surface area contributed by atoms with Crippen LogP contribution in [0.5, 0.6) is 0 Å². The number of aromatic nitrogens is 2. The van der Waals surface area contributed by atoms with Gasteiger partial charge in [0.2, 0.25) is 5.95 Å². The van der Waals surface area contributed by atoms with Crippen LogP contribution in [-0.4, -0.2) is 27.7 Å². The molecule has 3 rings (SSSR count). The molecule has 1 aliphatic heterocycles. The summed E-state index contributed by atoms with van der Waals surface area (Å²) in [7, 11) is 0. The summed E-state index contributed by atoms with van der Waals surface area (Å²) < 4.78 is 2.26. The molecule has 1 aliphatic rings. The Hall–Kier alpha value is -1.55. The molecule has 1 aromatic heterocycles. The standard InChI is InChI=1S/C13H18N4/c1-2-3-8-16-9-14-13-15-11-6-4-5-7-12(11)17(13)10-16/h4-7H,2-3,8-10H2,1H3,(H,14,15). The SMILES string of the molecule is CCCCN1CNc2nc3ccccc3n2C1. The normalized spacial score (nSPS) is 15.8. The third-order valence-electron chi connectivity index (χ3n) is 3.28. The van der Waals surface area contributed by atoms with Crippen LogP contribution in [0.2, 0.25) is 0 Å². The van der Waals surface area contributed by atoms with Gasteiger partial charge in [0.1, 0.15) is 0 Å². The molecule has 0 saturated carbocycles. The van der Waals surface area contributed by atoms with Gasteiger partial charge in [-0.2, -0.15) is 0 Å². The van der Waals surface area contributed by atoms with Crippen LogP contribution in [0.4, 0.5) is 5.95 Å². The van der Waals surface area contributed by atoms with Crippen LogP contribution in [-0.2, 0) is 6.67 Å². The minimum atomic E-state index is 0.906. The van der Waals surface area contributed by atoms with Gasteiger partial charge in [0.15, 0.2) is 0 Å². The van der Waals surface area contributed by atoms with Gasteiger partial charge < -0.3 is 5.32 Å². The average molecular weight is 230 g/mol. The van der Waals surface area contributed by atoms with Gasteiger partial charge in [-0.1, -0.05) is 25.5 Å². The van der Waals surface area contributed by atoms with Crippen LogP contribution >= 0.6 is 0 Å². The van der Waals surface area contributed by atoms with E-state index in [4.69, 9.17) is 0 Å². The lowest BCUT2D eigenvalue weighted by Crippen LogP contribution is -2.37. The van der Waals surface area contributed by atoms with Crippen molar-refractivity contribution >= 4 is 17.0 Å². The summed E-state index contributed by atoms with van der Waals surface area (Å²) in [6.07, 6.45) is 2.50. The van der Waals surface area contributed by atoms with E-state index in [2.05, 4.69) is 44.9 Å². The van der Waals surface area contributed by atoms with Crippen LogP contribution < -0.4 is 5.32 Å². The lowest BCUT2D eigenvalue weighted by atomic mass is 10.3. The molecule has 0 atom stereocenters. The molecule has 0 bridgehead atoms. The quantitative estimate of drug-likeness (QED) is 0.879. The molecule has 0 aliphatic carbocycles. The summed E-state index contributed by atoms with van der Waals surface area (Å²) in [5.74, 6) is 0.999. The molecule has 1 N–H and O–H groups in total. The molecular formula is C13H18N4. The highest BCUT2D eigenvalue weighted by atomic mass is 15.4. The summed E-state index contributed by atoms with van der Waals surface area (Å²) in [5.41, 5.74) is 2.29. The van der Waals surface area contributed by atoms with Crippen molar-refractivity contribution in [3.8, 4) is 0 Å². The highest BCUT2D eigenvalue weighted by molar-refractivity contribution is 5.78. The average Bonchev–Trinajstić information content (AvgIpc) is 2.74. The van der Waals surface area contributed by atoms with Crippen molar-refractivity contribution in [2.75, 3.05) is 18.5 Å². The number of hydrogen-bond donors (Lipinski definition) is 1. The first-order valence-electron chi connectivity index (χ1n) is 6.30. The van der Waals surface area contributed by atoms with Gasteiger partial charge in [-0.3, -0.25) is 9.47 Å². The summed E-state index contributed by atoms with van der Waals surface area (Å²) in [5, 5.41) is 3.39. The number of unbranched alkanes of at least 4 members (excludes halogenated alkanes) is 1. The molecule has 0 radical (unpaired) electrons. The lowest BCUT2D eigenvalue weighted by Gasteiger charge is -2.29. The molecule has 4 heteroatoms. The molecule has 1 aromatic carbocycles. The van der Waals surface area contributed by atoms with Gasteiger partial charge in [-0.15, -0.1) is 0 Å². The van der Waals surface area contributed by atoms with Crippen LogP contribution in [0.1, 0.15) is 19.8 Å². The van der Waals surface area contributed by atoms with Crippen molar-refractivity contribution in [2.45, 2.75) is 26.4 Å². The fourth-order valence-electron chi connectivity index (χ4n) is 2.32. The van der Waals surface area contributed by atoms with Gasteiger partial charge in [0.05, 0.1) is 24.4 Å². The second kappa shape index (κ2) is 4.37. The van der Waals surface area contributed by atoms with E-state index in [-0.39, 0.29) is 0 Å². The van der Waals surface area contributed by atoms with Gasteiger partial charge in [-0.05, 0) is 18.6 Å². The third-order valence-corrected chi connectivity index (χ3v) is 3.28. The van der Waals surface area contributed by atoms with Crippen LogP contribution in [0.3, 0.4) is 0 Å². The molecule has 90 valence electrons. The predicted octanol–water partition coefficient (Wildman–Crippen LogP) is 2.48. The largest absolute Gasteiger partial charge is 0.343 e. The fourth-order valence-corrected chi connectivity index (χ4v) is 2.32. The summed E-state index contributed by atoms with van der Waals surface area (Å²) >= 11 is 0. The molecule has 2 aromatic rings. The Labute approximate surface area is 101 Å². The first kappa shape index (κ1) is 10.6. The Kier molecular flexibility index (Phi) is 2.73. The Balaban J connectivity index is 1.89. The van der Waals surface area contributed by atoms with E-state index in [9.17, 15) is 0 Å². The third kappa shape index (κ3) is 1.89. The van der Waals surface area contributed by atoms with Gasteiger partial charge in [-0.25, -0.2) is 4.98 Å². The van der Waals surface area contributed by atoms with Gasteiger partial charge in [0.25, 0.3) is 0 Å². The molecule has 2 heterocycles. The summed E-state index contributed by atoms with van der Waals surface area (Å²) in [6.45, 7) is 5.23. The summed E-state index contributed by atoms with van der Waals surface area (Å²) in [4.78, 5) is 7.01. The number of imidazole rings is 1. The van der Waals surface area contributed by atoms with E-state index in [0.29, 0.717) is 0 Å². The Bertz CT molecular complexity index is 517. The van der Waals surface area contributed by atoms with Crippen LogP contribution in [0.15, 0.2) is 24.3 Å². The van der Waals surface area contributed by atoms with Crippen LogP contribution in [0.25, 0.3) is 11.0 Å². The molecule has 0 fully saturated rings. The molecule has 0 unspecified atom stereocenters. The highest BCUT2D eigenvalue weighted by Gasteiger charge is 2.18. The first-order chi connectivity index (χ1) is 8.38.